The monoisotopic (exact) mass is 402 g/mol. The van der Waals surface area contributed by atoms with Crippen molar-refractivity contribution in [2.75, 3.05) is 7.05 Å². The molecule has 0 spiro atoms. The summed E-state index contributed by atoms with van der Waals surface area (Å²) >= 11 is 1.26. The second-order valence-electron chi connectivity index (χ2n) is 7.25. The van der Waals surface area contributed by atoms with E-state index in [9.17, 15) is 18.8 Å². The van der Waals surface area contributed by atoms with Gasteiger partial charge in [0.1, 0.15) is 10.9 Å². The zero-order valence-electron chi connectivity index (χ0n) is 15.9. The van der Waals surface area contributed by atoms with Gasteiger partial charge in [0.25, 0.3) is 5.92 Å². The predicted octanol–water partition coefficient (Wildman–Crippen LogP) is 4.04. The average molecular weight is 402 g/mol. The molecule has 2 heterocycles. The fourth-order valence-corrected chi connectivity index (χ4v) is 4.74. The Morgan fingerprint density at radius 3 is 2.46 bits per heavy atom. The second kappa shape index (κ2) is 6.67. The van der Waals surface area contributed by atoms with E-state index in [0.29, 0.717) is 10.4 Å². The molecule has 1 aliphatic heterocycles. The zero-order valence-corrected chi connectivity index (χ0v) is 16.7. The topological polar surface area (TPSA) is 80.0 Å². The summed E-state index contributed by atoms with van der Waals surface area (Å²) < 4.78 is 27.2. The first-order valence-electron chi connectivity index (χ1n) is 8.62. The molecule has 1 amide bonds. The van der Waals surface area contributed by atoms with Gasteiger partial charge in [-0.15, -0.1) is 11.3 Å². The predicted molar refractivity (Wildman–Crippen MR) is 104 cm³/mol. The Morgan fingerprint density at radius 1 is 1.36 bits per heavy atom. The number of halogens is 2. The third-order valence-electron chi connectivity index (χ3n) is 5.12. The summed E-state index contributed by atoms with van der Waals surface area (Å²) in [7, 11) is 1.50. The highest BCUT2D eigenvalue weighted by molar-refractivity contribution is 7.12. The van der Waals surface area contributed by atoms with E-state index in [0.717, 1.165) is 17.4 Å². The zero-order chi connectivity index (χ0) is 20.9. The van der Waals surface area contributed by atoms with Crippen LogP contribution in [0.3, 0.4) is 0 Å². The van der Waals surface area contributed by atoms with Gasteiger partial charge in [-0.1, -0.05) is 24.3 Å². The van der Waals surface area contributed by atoms with Gasteiger partial charge in [0, 0.05) is 24.4 Å². The van der Waals surface area contributed by atoms with Crippen LogP contribution in [0.1, 0.15) is 46.2 Å². The van der Waals surface area contributed by atoms with Crippen LogP contribution in [-0.4, -0.2) is 23.8 Å². The van der Waals surface area contributed by atoms with E-state index in [2.05, 4.69) is 11.4 Å². The van der Waals surface area contributed by atoms with Crippen molar-refractivity contribution in [1.29, 1.82) is 10.7 Å². The van der Waals surface area contributed by atoms with Crippen LogP contribution in [0, 0.1) is 23.7 Å². The summed E-state index contributed by atoms with van der Waals surface area (Å²) in [5.41, 5.74) is 0.289. The van der Waals surface area contributed by atoms with Gasteiger partial charge in [-0.2, -0.15) is 5.26 Å². The lowest BCUT2D eigenvalue weighted by Crippen LogP contribution is -2.62. The SMILES string of the molecule is Cc1cc(C#N)sc1[C@@]1(C)NC(=N)N(C)C(=O)C1c1ccc(C(C)(F)F)cc1. The number of likely N-dealkylation sites (N-methyl/N-ethyl adjacent to an activating group) is 1. The third kappa shape index (κ3) is 3.16. The van der Waals surface area contributed by atoms with Crippen LogP contribution in [0.25, 0.3) is 0 Å². The minimum atomic E-state index is -2.97. The van der Waals surface area contributed by atoms with Crippen molar-refractivity contribution in [1.82, 2.24) is 10.2 Å². The molecule has 28 heavy (non-hydrogen) atoms. The highest BCUT2D eigenvalue weighted by atomic mass is 32.1. The van der Waals surface area contributed by atoms with Gasteiger partial charge < -0.3 is 5.32 Å². The van der Waals surface area contributed by atoms with Crippen molar-refractivity contribution >= 4 is 23.2 Å². The van der Waals surface area contributed by atoms with Crippen LogP contribution < -0.4 is 5.32 Å². The minimum absolute atomic E-state index is 0.0493. The lowest BCUT2D eigenvalue weighted by molar-refractivity contribution is -0.131. The van der Waals surface area contributed by atoms with Crippen LogP contribution in [0.4, 0.5) is 8.78 Å². The number of hydrogen-bond acceptors (Lipinski definition) is 4. The Labute approximate surface area is 166 Å². The van der Waals surface area contributed by atoms with E-state index in [4.69, 9.17) is 5.41 Å². The number of carbonyl (C=O) groups excluding carboxylic acids is 1. The Morgan fingerprint density at radius 2 is 1.96 bits per heavy atom. The second-order valence-corrected chi connectivity index (χ2v) is 8.30. The molecule has 0 aliphatic carbocycles. The van der Waals surface area contributed by atoms with Gasteiger partial charge >= 0.3 is 0 Å². The van der Waals surface area contributed by atoms with Crippen molar-refractivity contribution in [3.8, 4) is 6.07 Å². The first kappa shape index (κ1) is 20.0. The van der Waals surface area contributed by atoms with E-state index >= 15 is 0 Å². The number of carbonyl (C=O) groups is 1. The van der Waals surface area contributed by atoms with E-state index in [1.54, 1.807) is 13.0 Å². The molecule has 5 nitrogen and oxygen atoms in total. The highest BCUT2D eigenvalue weighted by Crippen LogP contribution is 2.45. The molecule has 1 saturated heterocycles. The number of thiophene rings is 1. The number of benzene rings is 1. The molecule has 1 aromatic carbocycles. The number of guanidine groups is 1. The Kier molecular flexibility index (Phi) is 4.76. The van der Waals surface area contributed by atoms with Gasteiger partial charge in [0.2, 0.25) is 5.91 Å². The Bertz CT molecular complexity index is 987. The van der Waals surface area contributed by atoms with Crippen LogP contribution in [0.15, 0.2) is 30.3 Å². The molecular formula is C20H20F2N4OS. The van der Waals surface area contributed by atoms with Crippen LogP contribution in [0.2, 0.25) is 0 Å². The fraction of sp³-hybridized carbons (Fsp3) is 0.350. The molecule has 8 heteroatoms. The number of aryl methyl sites for hydroxylation is 1. The van der Waals surface area contributed by atoms with Crippen molar-refractivity contribution in [3.63, 3.8) is 0 Å². The summed E-state index contributed by atoms with van der Waals surface area (Å²) in [5, 5.41) is 20.5. The van der Waals surface area contributed by atoms with Gasteiger partial charge in [0.05, 0.1) is 11.5 Å². The lowest BCUT2D eigenvalue weighted by atomic mass is 9.76. The number of amides is 1. The van der Waals surface area contributed by atoms with Crippen molar-refractivity contribution < 1.29 is 13.6 Å². The van der Waals surface area contributed by atoms with Crippen molar-refractivity contribution in [2.24, 2.45) is 0 Å². The number of hydrogen-bond donors (Lipinski definition) is 2. The molecule has 1 unspecified atom stereocenters. The number of alkyl halides is 2. The maximum absolute atomic E-state index is 13.6. The van der Waals surface area contributed by atoms with E-state index in [-0.39, 0.29) is 17.4 Å². The largest absolute Gasteiger partial charge is 0.345 e. The van der Waals surface area contributed by atoms with Crippen molar-refractivity contribution in [2.45, 2.75) is 38.2 Å². The summed E-state index contributed by atoms with van der Waals surface area (Å²) in [6.07, 6.45) is 0. The quantitative estimate of drug-likeness (QED) is 0.813. The number of rotatable bonds is 3. The first-order chi connectivity index (χ1) is 13.0. The fourth-order valence-electron chi connectivity index (χ4n) is 3.64. The summed E-state index contributed by atoms with van der Waals surface area (Å²) in [4.78, 5) is 15.6. The van der Waals surface area contributed by atoms with Crippen LogP contribution in [-0.2, 0) is 16.3 Å². The molecule has 3 rings (SSSR count). The van der Waals surface area contributed by atoms with E-state index < -0.39 is 17.4 Å². The molecule has 1 fully saturated rings. The van der Waals surface area contributed by atoms with Crippen molar-refractivity contribution in [3.05, 3.63) is 56.8 Å². The first-order valence-corrected chi connectivity index (χ1v) is 9.44. The standard InChI is InChI=1S/C20H20F2N4OS/c1-11-9-14(10-23)28-16(11)19(2)15(17(27)26(4)18(24)25-19)12-5-7-13(8-6-12)20(3,21)22/h5-9,15H,1-4H3,(H2,24,25)/t15?,19-/m0/s1. The van der Waals surface area contributed by atoms with Crippen LogP contribution >= 0.6 is 11.3 Å². The summed E-state index contributed by atoms with van der Waals surface area (Å²) in [5.74, 6) is -4.07. The van der Waals surface area contributed by atoms with Gasteiger partial charge in [-0.05, 0) is 31.0 Å². The van der Waals surface area contributed by atoms with Gasteiger partial charge in [-0.3, -0.25) is 15.1 Å². The van der Waals surface area contributed by atoms with Gasteiger partial charge in [-0.25, -0.2) is 8.78 Å². The Balaban J connectivity index is 2.16. The summed E-state index contributed by atoms with van der Waals surface area (Å²) in [6.45, 7) is 4.48. The molecule has 2 aromatic rings. The number of nitriles is 1. The maximum Gasteiger partial charge on any atom is 0.270 e. The number of nitrogens with one attached hydrogen (secondary N) is 2. The molecule has 0 radical (unpaired) electrons. The average Bonchev–Trinajstić information content (AvgIpc) is 3.01. The van der Waals surface area contributed by atoms with E-state index in [1.807, 2.05) is 6.92 Å². The third-order valence-corrected chi connectivity index (χ3v) is 6.50. The highest BCUT2D eigenvalue weighted by Gasteiger charge is 2.49. The molecule has 1 aromatic heterocycles. The molecule has 2 atom stereocenters. The van der Waals surface area contributed by atoms with E-state index in [1.165, 1.54) is 47.5 Å². The smallest absolute Gasteiger partial charge is 0.270 e. The number of nitrogens with zero attached hydrogens (tertiary/aromatic N) is 2. The molecular weight excluding hydrogens is 382 g/mol. The molecule has 146 valence electrons. The molecule has 0 bridgehead atoms. The minimum Gasteiger partial charge on any atom is -0.345 e. The summed E-state index contributed by atoms with van der Waals surface area (Å²) in [6, 6.07) is 9.58. The maximum atomic E-state index is 13.6. The molecule has 0 saturated carbocycles. The van der Waals surface area contributed by atoms with Crippen LogP contribution in [0.5, 0.6) is 0 Å². The lowest BCUT2D eigenvalue weighted by Gasteiger charge is -2.45. The normalized spacial score (nSPS) is 22.8. The molecule has 1 aliphatic rings. The molecule has 2 N–H and O–H groups in total. The Hall–Kier alpha value is -2.79. The van der Waals surface area contributed by atoms with Gasteiger partial charge in [0.15, 0.2) is 5.96 Å².